The second-order valence-electron chi connectivity index (χ2n) is 7.30. The molecule has 0 unspecified atom stereocenters. The quantitative estimate of drug-likeness (QED) is 0.642. The molecule has 8 nitrogen and oxygen atoms in total. The van der Waals surface area contributed by atoms with E-state index in [2.05, 4.69) is 37.1 Å². The molecule has 3 aromatic rings. The zero-order valence-electron chi connectivity index (χ0n) is 16.9. The highest BCUT2D eigenvalue weighted by molar-refractivity contribution is 5.94. The van der Waals surface area contributed by atoms with Crippen molar-refractivity contribution in [1.82, 2.24) is 25.3 Å². The molecule has 0 aliphatic carbocycles. The van der Waals surface area contributed by atoms with E-state index in [0.29, 0.717) is 46.8 Å². The molecule has 1 aliphatic rings. The average molecular weight is 402 g/mol. The summed E-state index contributed by atoms with van der Waals surface area (Å²) in [6.07, 6.45) is 5.69. The number of carbonyl (C=O) groups is 1. The molecule has 1 saturated heterocycles. The number of ether oxygens (including phenoxy) is 1. The van der Waals surface area contributed by atoms with Gasteiger partial charge in [0.25, 0.3) is 5.91 Å². The average Bonchev–Trinajstić information content (AvgIpc) is 3.26. The van der Waals surface area contributed by atoms with Gasteiger partial charge in [0.15, 0.2) is 0 Å². The number of hydrogen-bond acceptors (Lipinski definition) is 7. The van der Waals surface area contributed by atoms with Crippen LogP contribution in [0.2, 0.25) is 0 Å². The molecule has 30 heavy (non-hydrogen) atoms. The van der Waals surface area contributed by atoms with Gasteiger partial charge in [-0.3, -0.25) is 9.78 Å². The minimum atomic E-state index is -0.179. The van der Waals surface area contributed by atoms with Gasteiger partial charge in [-0.1, -0.05) is 11.8 Å². The molecule has 4 heterocycles. The maximum atomic E-state index is 12.4. The van der Waals surface area contributed by atoms with Crippen LogP contribution in [0.15, 0.2) is 24.7 Å². The molecule has 3 N–H and O–H groups in total. The third-order valence-corrected chi connectivity index (χ3v) is 5.06. The molecule has 0 saturated carbocycles. The summed E-state index contributed by atoms with van der Waals surface area (Å²) in [4.78, 5) is 29.8. The van der Waals surface area contributed by atoms with E-state index in [1.807, 2.05) is 13.8 Å². The van der Waals surface area contributed by atoms with Crippen molar-refractivity contribution in [3.8, 4) is 11.8 Å². The number of pyridine rings is 2. The van der Waals surface area contributed by atoms with Crippen molar-refractivity contribution in [2.24, 2.45) is 5.92 Å². The van der Waals surface area contributed by atoms with Gasteiger partial charge < -0.3 is 15.8 Å². The number of hydrogen-bond donors (Lipinski definition) is 2. The lowest BCUT2D eigenvalue weighted by atomic mass is 10.1. The fraction of sp³-hybridized carbons (Fsp3) is 0.318. The van der Waals surface area contributed by atoms with E-state index in [9.17, 15) is 4.79 Å². The maximum absolute atomic E-state index is 12.4. The molecule has 8 heteroatoms. The number of nitrogens with one attached hydrogen (secondary N) is 1. The van der Waals surface area contributed by atoms with Crippen LogP contribution in [0.25, 0.3) is 11.0 Å². The topological polar surface area (TPSA) is 116 Å². The third-order valence-electron chi connectivity index (χ3n) is 5.06. The SMILES string of the molecule is Cc1nc2cnc(N)c(C#Cc3cncc(C(=O)NC[C@H]4CCOC4)c3)c2nc1C. The molecule has 1 aliphatic heterocycles. The first-order valence-corrected chi connectivity index (χ1v) is 9.73. The fourth-order valence-corrected chi connectivity index (χ4v) is 3.18. The number of nitrogens with zero attached hydrogens (tertiary/aromatic N) is 4. The van der Waals surface area contributed by atoms with Gasteiger partial charge in [-0.2, -0.15) is 0 Å². The first-order chi connectivity index (χ1) is 14.5. The first-order valence-electron chi connectivity index (χ1n) is 9.73. The summed E-state index contributed by atoms with van der Waals surface area (Å²) in [5.41, 5.74) is 10.5. The molecule has 0 radical (unpaired) electrons. The van der Waals surface area contributed by atoms with Crippen molar-refractivity contribution in [2.45, 2.75) is 20.3 Å². The number of nitrogen functional groups attached to an aromatic ring is 1. The second kappa shape index (κ2) is 8.43. The standard InChI is InChI=1S/C22H22N6O2/c1-13-14(2)28-20-18(21(23)25-11-19(20)27-13)4-3-15-7-17(10-24-8-15)22(29)26-9-16-5-6-30-12-16/h7-8,10-11,16H,5-6,9,12H2,1-2H3,(H2,23,25)(H,26,29)/t16-/m1/s1. The largest absolute Gasteiger partial charge is 0.383 e. The van der Waals surface area contributed by atoms with Crippen LogP contribution in [0.4, 0.5) is 5.82 Å². The lowest BCUT2D eigenvalue weighted by Crippen LogP contribution is -2.29. The Morgan fingerprint density at radius 3 is 2.87 bits per heavy atom. The lowest BCUT2D eigenvalue weighted by molar-refractivity contribution is 0.0944. The Morgan fingerprint density at radius 1 is 1.23 bits per heavy atom. The van der Waals surface area contributed by atoms with Gasteiger partial charge in [0, 0.05) is 37.0 Å². The number of anilines is 1. The first kappa shape index (κ1) is 19.7. The summed E-state index contributed by atoms with van der Waals surface area (Å²) in [5.74, 6) is 6.52. The lowest BCUT2D eigenvalue weighted by Gasteiger charge is -2.09. The molecule has 3 aromatic heterocycles. The molecule has 152 valence electrons. The molecule has 1 fully saturated rings. The van der Waals surface area contributed by atoms with Gasteiger partial charge in [0.1, 0.15) is 16.9 Å². The Bertz CT molecular complexity index is 1180. The highest BCUT2D eigenvalue weighted by atomic mass is 16.5. The van der Waals surface area contributed by atoms with Gasteiger partial charge in [-0.15, -0.1) is 0 Å². The van der Waals surface area contributed by atoms with Crippen LogP contribution in [0, 0.1) is 31.6 Å². The van der Waals surface area contributed by atoms with Crippen molar-refractivity contribution < 1.29 is 9.53 Å². The molecule has 1 atom stereocenters. The number of amides is 1. The van der Waals surface area contributed by atoms with Gasteiger partial charge in [-0.05, 0) is 26.3 Å². The van der Waals surface area contributed by atoms with Gasteiger partial charge in [0.2, 0.25) is 0 Å². The Morgan fingerprint density at radius 2 is 2.07 bits per heavy atom. The Kier molecular flexibility index (Phi) is 5.55. The molecular formula is C22H22N6O2. The Balaban J connectivity index is 1.59. The number of nitrogens with two attached hydrogens (primary N) is 1. The van der Waals surface area contributed by atoms with E-state index in [4.69, 9.17) is 10.5 Å². The monoisotopic (exact) mass is 402 g/mol. The minimum Gasteiger partial charge on any atom is -0.383 e. The summed E-state index contributed by atoms with van der Waals surface area (Å²) < 4.78 is 5.34. The van der Waals surface area contributed by atoms with Crippen LogP contribution >= 0.6 is 0 Å². The van der Waals surface area contributed by atoms with Gasteiger partial charge in [0.05, 0.1) is 35.3 Å². The van der Waals surface area contributed by atoms with Crippen molar-refractivity contribution in [3.05, 3.63) is 52.7 Å². The fourth-order valence-electron chi connectivity index (χ4n) is 3.18. The number of aryl methyl sites for hydroxylation is 2. The van der Waals surface area contributed by atoms with Gasteiger partial charge >= 0.3 is 0 Å². The second-order valence-corrected chi connectivity index (χ2v) is 7.30. The van der Waals surface area contributed by atoms with Gasteiger partial charge in [-0.25, -0.2) is 15.0 Å². The van der Waals surface area contributed by atoms with E-state index in [1.165, 1.54) is 6.20 Å². The summed E-state index contributed by atoms with van der Waals surface area (Å²) in [7, 11) is 0. The van der Waals surface area contributed by atoms with Crippen LogP contribution in [-0.2, 0) is 4.74 Å². The van der Waals surface area contributed by atoms with Crippen molar-refractivity contribution >= 4 is 22.8 Å². The van der Waals surface area contributed by atoms with E-state index >= 15 is 0 Å². The predicted octanol–water partition coefficient (Wildman–Crippen LogP) is 1.78. The highest BCUT2D eigenvalue weighted by Gasteiger charge is 2.17. The van der Waals surface area contributed by atoms with Crippen LogP contribution in [0.1, 0.15) is 39.3 Å². The Labute approximate surface area is 174 Å². The summed E-state index contributed by atoms with van der Waals surface area (Å²) in [5, 5.41) is 2.93. The maximum Gasteiger partial charge on any atom is 0.252 e. The number of fused-ring (bicyclic) bond motifs is 1. The number of rotatable bonds is 3. The molecule has 0 spiro atoms. The van der Waals surface area contributed by atoms with Crippen LogP contribution in [0.3, 0.4) is 0 Å². The van der Waals surface area contributed by atoms with Crippen LogP contribution < -0.4 is 11.1 Å². The zero-order chi connectivity index (χ0) is 21.1. The Hall–Kier alpha value is -3.57. The van der Waals surface area contributed by atoms with Crippen molar-refractivity contribution in [2.75, 3.05) is 25.5 Å². The normalized spacial score (nSPS) is 15.6. The summed E-state index contributed by atoms with van der Waals surface area (Å²) in [6.45, 7) is 5.81. The molecule has 4 rings (SSSR count). The molecule has 0 aromatic carbocycles. The molecule has 0 bridgehead atoms. The third kappa shape index (κ3) is 4.21. The van der Waals surface area contributed by atoms with Crippen molar-refractivity contribution in [3.63, 3.8) is 0 Å². The van der Waals surface area contributed by atoms with Crippen LogP contribution in [-0.4, -0.2) is 45.6 Å². The van der Waals surface area contributed by atoms with E-state index in [0.717, 1.165) is 24.4 Å². The van der Waals surface area contributed by atoms with E-state index < -0.39 is 0 Å². The zero-order valence-corrected chi connectivity index (χ0v) is 16.9. The van der Waals surface area contributed by atoms with Crippen molar-refractivity contribution in [1.29, 1.82) is 0 Å². The number of carbonyl (C=O) groups excluding carboxylic acids is 1. The minimum absolute atomic E-state index is 0.179. The smallest absolute Gasteiger partial charge is 0.252 e. The predicted molar refractivity (Wildman–Crippen MR) is 113 cm³/mol. The highest BCUT2D eigenvalue weighted by Crippen LogP contribution is 2.19. The summed E-state index contributed by atoms with van der Waals surface area (Å²) in [6, 6.07) is 1.70. The van der Waals surface area contributed by atoms with E-state index in [-0.39, 0.29) is 11.7 Å². The summed E-state index contributed by atoms with van der Waals surface area (Å²) >= 11 is 0. The molecular weight excluding hydrogens is 380 g/mol. The number of aromatic nitrogens is 4. The molecule has 1 amide bonds. The van der Waals surface area contributed by atoms with E-state index in [1.54, 1.807) is 18.5 Å². The van der Waals surface area contributed by atoms with Crippen LogP contribution in [0.5, 0.6) is 0 Å².